The van der Waals surface area contributed by atoms with Gasteiger partial charge in [-0.1, -0.05) is 11.6 Å². The van der Waals surface area contributed by atoms with E-state index in [0.29, 0.717) is 17.9 Å². The summed E-state index contributed by atoms with van der Waals surface area (Å²) in [4.78, 5) is 1.75. The lowest BCUT2D eigenvalue weighted by Gasteiger charge is -2.23. The van der Waals surface area contributed by atoms with Crippen molar-refractivity contribution in [3.8, 4) is 11.8 Å². The van der Waals surface area contributed by atoms with E-state index in [0.717, 1.165) is 6.54 Å². The number of nitrogens with one attached hydrogen (secondary N) is 1. The molecule has 2 rings (SSSR count). The van der Waals surface area contributed by atoms with E-state index in [9.17, 15) is 18.1 Å². The van der Waals surface area contributed by atoms with Crippen molar-refractivity contribution in [2.45, 2.75) is 17.4 Å². The fourth-order valence-corrected chi connectivity index (χ4v) is 3.43. The quantitative estimate of drug-likeness (QED) is 0.620. The lowest BCUT2D eigenvalue weighted by Crippen LogP contribution is -2.31. The van der Waals surface area contributed by atoms with Crippen LogP contribution in [0, 0.1) is 17.1 Å². The molecule has 29 heavy (non-hydrogen) atoms. The van der Waals surface area contributed by atoms with Gasteiger partial charge in [-0.05, 0) is 63.5 Å². The van der Waals surface area contributed by atoms with Gasteiger partial charge in [-0.2, -0.15) is 5.26 Å². The number of nitrogens with zero attached hydrogens (tertiary/aromatic N) is 2. The number of hydrogen-bond donors (Lipinski definition) is 2. The van der Waals surface area contributed by atoms with Crippen molar-refractivity contribution >= 4 is 27.3 Å². The molecule has 0 saturated carbocycles. The molecule has 156 valence electrons. The van der Waals surface area contributed by atoms with E-state index < -0.39 is 10.0 Å². The summed E-state index contributed by atoms with van der Waals surface area (Å²) in [6.07, 6.45) is 0.645. The summed E-state index contributed by atoms with van der Waals surface area (Å²) in [6, 6.07) is 9.70. The molecule has 0 aliphatic heterocycles. The van der Waals surface area contributed by atoms with E-state index >= 15 is 0 Å². The number of hydrogen-bond acceptors (Lipinski definition) is 6. The highest BCUT2D eigenvalue weighted by atomic mass is 35.5. The molecule has 0 aliphatic rings. The van der Waals surface area contributed by atoms with Gasteiger partial charge in [0.15, 0.2) is 0 Å². The largest absolute Gasteiger partial charge is 0.491 e. The van der Waals surface area contributed by atoms with Crippen LogP contribution in [0.2, 0.25) is 5.02 Å². The number of nitrogens with two attached hydrogens (primary N) is 1. The summed E-state index contributed by atoms with van der Waals surface area (Å²) in [5, 5.41) is 17.8. The van der Waals surface area contributed by atoms with Gasteiger partial charge < -0.3 is 15.0 Å². The third-order valence-electron chi connectivity index (χ3n) is 4.05. The highest BCUT2D eigenvalue weighted by Crippen LogP contribution is 2.30. The molecule has 10 heteroatoms. The minimum absolute atomic E-state index is 0.0539. The number of rotatable bonds is 9. The Morgan fingerprint density at radius 1 is 1.31 bits per heavy atom. The van der Waals surface area contributed by atoms with E-state index in [1.165, 1.54) is 36.4 Å². The second kappa shape index (κ2) is 9.89. The molecule has 0 aromatic heterocycles. The molecule has 0 spiro atoms. The average molecular weight is 441 g/mol. The third kappa shape index (κ3) is 6.87. The van der Waals surface area contributed by atoms with Crippen LogP contribution < -0.4 is 15.2 Å². The zero-order chi connectivity index (χ0) is 21.6. The van der Waals surface area contributed by atoms with Gasteiger partial charge in [0.05, 0.1) is 27.2 Å². The van der Waals surface area contributed by atoms with Gasteiger partial charge in [0.1, 0.15) is 24.2 Å². The van der Waals surface area contributed by atoms with Crippen LogP contribution in [-0.4, -0.2) is 46.6 Å². The molecule has 7 nitrogen and oxygen atoms in total. The first-order valence-corrected chi connectivity index (χ1v) is 10.6. The smallest absolute Gasteiger partial charge is 0.238 e. The van der Waals surface area contributed by atoms with Gasteiger partial charge in [-0.15, -0.1) is 0 Å². The highest BCUT2D eigenvalue weighted by Gasteiger charge is 2.19. The van der Waals surface area contributed by atoms with Crippen molar-refractivity contribution in [1.29, 1.82) is 5.26 Å². The zero-order valence-corrected chi connectivity index (χ0v) is 17.6. The Labute approximate surface area is 174 Å². The monoisotopic (exact) mass is 440 g/mol. The van der Waals surface area contributed by atoms with Gasteiger partial charge in [-0.25, -0.2) is 17.9 Å². The lowest BCUT2D eigenvalue weighted by atomic mass is 10.1. The number of nitriles is 1. The first kappa shape index (κ1) is 22.9. The summed E-state index contributed by atoms with van der Waals surface area (Å²) in [7, 11) is -0.154. The Balaban J connectivity index is 2.25. The van der Waals surface area contributed by atoms with Crippen molar-refractivity contribution < 1.29 is 17.5 Å². The zero-order valence-electron chi connectivity index (χ0n) is 16.0. The molecular weight excluding hydrogens is 419 g/mol. The maximum Gasteiger partial charge on any atom is 0.238 e. The van der Waals surface area contributed by atoms with E-state index in [-0.39, 0.29) is 33.9 Å². The summed E-state index contributed by atoms with van der Waals surface area (Å²) in [6.45, 7) is 0.941. The van der Waals surface area contributed by atoms with Crippen LogP contribution in [0.4, 0.5) is 10.1 Å². The standard InChI is InChI=1S/C19H22ClFN4O3S/c1-25(2)8-7-15(12-28-16-5-3-14(21)4-6-16)24-19-13(11-22)9-17(10-18(19)20)29(23,26)27/h3-6,9-10,15,24H,7-8,12H2,1-2H3,(H2,23,26,27)/t15-/m1/s1. The molecule has 0 saturated heterocycles. The lowest BCUT2D eigenvalue weighted by molar-refractivity contribution is 0.276. The minimum Gasteiger partial charge on any atom is -0.491 e. The molecule has 0 fully saturated rings. The normalized spacial score (nSPS) is 12.4. The second-order valence-electron chi connectivity index (χ2n) is 6.68. The predicted molar refractivity (Wildman–Crippen MR) is 110 cm³/mol. The Hall–Kier alpha value is -2.38. The van der Waals surface area contributed by atoms with Crippen molar-refractivity contribution in [3.63, 3.8) is 0 Å². The summed E-state index contributed by atoms with van der Waals surface area (Å²) < 4.78 is 42.0. The number of ether oxygens (including phenoxy) is 1. The van der Waals surface area contributed by atoms with E-state index in [1.807, 2.05) is 25.1 Å². The van der Waals surface area contributed by atoms with E-state index in [4.69, 9.17) is 21.5 Å². The van der Waals surface area contributed by atoms with Crippen molar-refractivity contribution in [1.82, 2.24) is 4.90 Å². The van der Waals surface area contributed by atoms with Gasteiger partial charge in [0, 0.05) is 0 Å². The minimum atomic E-state index is -4.00. The molecule has 0 unspecified atom stereocenters. The first-order chi connectivity index (χ1) is 13.6. The number of anilines is 1. The molecule has 2 aromatic carbocycles. The molecule has 2 aromatic rings. The topological polar surface area (TPSA) is 108 Å². The number of sulfonamides is 1. The molecule has 0 aliphatic carbocycles. The summed E-state index contributed by atoms with van der Waals surface area (Å²) in [5.74, 6) is 0.138. The van der Waals surface area contributed by atoms with Crippen LogP contribution in [0.5, 0.6) is 5.75 Å². The third-order valence-corrected chi connectivity index (χ3v) is 5.24. The molecule has 0 bridgehead atoms. The second-order valence-corrected chi connectivity index (χ2v) is 8.65. The first-order valence-electron chi connectivity index (χ1n) is 8.66. The Morgan fingerprint density at radius 3 is 2.52 bits per heavy atom. The SMILES string of the molecule is CN(C)CC[C@H](COc1ccc(F)cc1)Nc1c(Cl)cc(S(N)(=O)=O)cc1C#N. The predicted octanol–water partition coefficient (Wildman–Crippen LogP) is 2.81. The van der Waals surface area contributed by atoms with Crippen LogP contribution in [0.1, 0.15) is 12.0 Å². The Morgan fingerprint density at radius 2 is 1.97 bits per heavy atom. The molecule has 0 amide bonds. The number of primary sulfonamides is 1. The van der Waals surface area contributed by atoms with Gasteiger partial charge in [-0.3, -0.25) is 0 Å². The fourth-order valence-electron chi connectivity index (χ4n) is 2.52. The van der Waals surface area contributed by atoms with Crippen molar-refractivity contribution in [3.05, 3.63) is 52.8 Å². The molecule has 1 atom stereocenters. The fraction of sp³-hybridized carbons (Fsp3) is 0.316. The average Bonchev–Trinajstić information content (AvgIpc) is 2.65. The van der Waals surface area contributed by atoms with Gasteiger partial charge >= 0.3 is 0 Å². The molecule has 0 heterocycles. The number of benzene rings is 2. The molecular formula is C19H22ClFN4O3S. The summed E-state index contributed by atoms with van der Waals surface area (Å²) in [5.41, 5.74) is 0.353. The van der Waals surface area contributed by atoms with Crippen molar-refractivity contribution in [2.75, 3.05) is 32.6 Å². The Kier molecular flexibility index (Phi) is 7.81. The number of halogens is 2. The maximum absolute atomic E-state index is 13.1. The van der Waals surface area contributed by atoms with E-state index in [1.54, 1.807) is 0 Å². The molecule has 0 radical (unpaired) electrons. The van der Waals surface area contributed by atoms with Crippen LogP contribution >= 0.6 is 11.6 Å². The van der Waals surface area contributed by atoms with Crippen LogP contribution in [0.25, 0.3) is 0 Å². The molecule has 3 N–H and O–H groups in total. The van der Waals surface area contributed by atoms with Crippen molar-refractivity contribution in [2.24, 2.45) is 5.14 Å². The van der Waals surface area contributed by atoms with Crippen LogP contribution in [0.15, 0.2) is 41.3 Å². The van der Waals surface area contributed by atoms with Crippen LogP contribution in [-0.2, 0) is 10.0 Å². The van der Waals surface area contributed by atoms with E-state index in [2.05, 4.69) is 5.32 Å². The Bertz CT molecular complexity index is 992. The highest BCUT2D eigenvalue weighted by molar-refractivity contribution is 7.89. The maximum atomic E-state index is 13.1. The summed E-state index contributed by atoms with van der Waals surface area (Å²) >= 11 is 6.23. The van der Waals surface area contributed by atoms with Gasteiger partial charge in [0.2, 0.25) is 10.0 Å². The van der Waals surface area contributed by atoms with Gasteiger partial charge in [0.25, 0.3) is 0 Å². The van der Waals surface area contributed by atoms with Crippen LogP contribution in [0.3, 0.4) is 0 Å².